The van der Waals surface area contributed by atoms with Crippen LogP contribution in [0.15, 0.2) is 30.5 Å². The number of fused-ring (bicyclic) bond motifs is 1. The lowest BCUT2D eigenvalue weighted by molar-refractivity contribution is -0.153. The second-order valence-electron chi connectivity index (χ2n) is 12.4. The van der Waals surface area contributed by atoms with Gasteiger partial charge < -0.3 is 20.7 Å². The van der Waals surface area contributed by atoms with E-state index in [1.54, 1.807) is 0 Å². The molecule has 1 aromatic carbocycles. The normalized spacial score (nSPS) is 21.1. The number of rotatable bonds is 11. The van der Waals surface area contributed by atoms with Gasteiger partial charge in [0.1, 0.15) is 17.8 Å². The molecule has 0 unspecified atom stereocenters. The monoisotopic (exact) mass is 576 g/mol. The van der Waals surface area contributed by atoms with E-state index in [1.807, 2.05) is 20.0 Å². The van der Waals surface area contributed by atoms with Gasteiger partial charge in [-0.2, -0.15) is 10.1 Å². The van der Waals surface area contributed by atoms with Crippen molar-refractivity contribution in [2.24, 2.45) is 11.7 Å². The lowest BCUT2D eigenvalue weighted by atomic mass is 9.93. The molecule has 228 valence electrons. The molecule has 2 fully saturated rings. The number of aromatic nitrogens is 4. The smallest absolute Gasteiger partial charge is 0.323 e. The van der Waals surface area contributed by atoms with Crippen molar-refractivity contribution in [1.82, 2.24) is 29.5 Å². The summed E-state index contributed by atoms with van der Waals surface area (Å²) in [6.45, 7) is 12.3. The predicted molar refractivity (Wildman–Crippen MR) is 167 cm³/mol. The van der Waals surface area contributed by atoms with E-state index in [0.717, 1.165) is 100 Å². The molecule has 5 rings (SSSR count). The van der Waals surface area contributed by atoms with Gasteiger partial charge in [-0.25, -0.2) is 9.67 Å². The van der Waals surface area contributed by atoms with E-state index in [-0.39, 0.29) is 24.0 Å². The summed E-state index contributed by atoms with van der Waals surface area (Å²) in [6.07, 6.45) is 7.27. The van der Waals surface area contributed by atoms with Gasteiger partial charge in [-0.05, 0) is 50.6 Å². The number of hydrogen-bond acceptors (Lipinski definition) is 9. The van der Waals surface area contributed by atoms with Crippen LogP contribution in [0.25, 0.3) is 22.3 Å². The number of piperazine rings is 1. The predicted octanol–water partition coefficient (Wildman–Crippen LogP) is 4.46. The van der Waals surface area contributed by atoms with Crippen LogP contribution in [-0.4, -0.2) is 87.4 Å². The molecule has 3 aromatic rings. The van der Waals surface area contributed by atoms with Crippen molar-refractivity contribution in [2.75, 3.05) is 45.1 Å². The Morgan fingerprint density at radius 1 is 1.10 bits per heavy atom. The topological polar surface area (TPSA) is 114 Å². The molecule has 10 nitrogen and oxygen atoms in total. The standard InChI is InChI=1S/C32H48N8O2/c1-5-6-15-34-32-35-20-27-29(24-9-7-23(8-10-24)21-39-18-16-38(4)17-19-39)37-40(30(27)36-32)25-11-13-26(14-12-25)42-31(41)28(33)22(2)3/h7-10,20,22,25-26,28H,5-6,11-19,21,33H2,1-4H3,(H,34,35,36)/t25?,26?,28-/m0/s1. The van der Waals surface area contributed by atoms with Gasteiger partial charge in [-0.15, -0.1) is 0 Å². The van der Waals surface area contributed by atoms with E-state index >= 15 is 0 Å². The van der Waals surface area contributed by atoms with Crippen LogP contribution in [-0.2, 0) is 16.1 Å². The van der Waals surface area contributed by atoms with Crippen LogP contribution in [0.5, 0.6) is 0 Å². The van der Waals surface area contributed by atoms with Crippen LogP contribution in [0.1, 0.15) is 70.9 Å². The van der Waals surface area contributed by atoms with Crippen molar-refractivity contribution < 1.29 is 9.53 Å². The molecule has 0 amide bonds. The number of benzene rings is 1. The number of unbranched alkanes of at least 4 members (excludes halogenated alkanes) is 1. The zero-order chi connectivity index (χ0) is 29.6. The molecule has 0 spiro atoms. The van der Waals surface area contributed by atoms with E-state index in [0.29, 0.717) is 5.95 Å². The minimum Gasteiger partial charge on any atom is -0.461 e. The molecule has 42 heavy (non-hydrogen) atoms. The molecule has 10 heteroatoms. The molecule has 3 heterocycles. The molecule has 3 N–H and O–H groups in total. The molecule has 1 aliphatic heterocycles. The van der Waals surface area contributed by atoms with Crippen LogP contribution < -0.4 is 11.1 Å². The first-order chi connectivity index (χ1) is 20.3. The molecule has 0 radical (unpaired) electrons. The SMILES string of the molecule is CCCCNc1ncc2c(-c3ccc(CN4CCN(C)CC4)cc3)nn(C3CCC(OC(=O)[C@@H](N)C(C)C)CC3)c2n1. The molecule has 2 aliphatic rings. The number of carbonyl (C=O) groups is 1. The summed E-state index contributed by atoms with van der Waals surface area (Å²) < 4.78 is 7.86. The molecule has 1 saturated carbocycles. The number of nitrogens with zero attached hydrogens (tertiary/aromatic N) is 6. The molecule has 2 aromatic heterocycles. The molecule has 0 bridgehead atoms. The highest BCUT2D eigenvalue weighted by molar-refractivity contribution is 5.91. The Hall–Kier alpha value is -3.08. The van der Waals surface area contributed by atoms with Gasteiger partial charge >= 0.3 is 5.97 Å². The van der Waals surface area contributed by atoms with E-state index in [1.165, 1.54) is 5.56 Å². The Labute approximate surface area is 250 Å². The Bertz CT molecular complexity index is 1310. The van der Waals surface area contributed by atoms with Gasteiger partial charge in [0.05, 0.1) is 11.4 Å². The largest absolute Gasteiger partial charge is 0.461 e. The van der Waals surface area contributed by atoms with Crippen molar-refractivity contribution in [3.63, 3.8) is 0 Å². The number of anilines is 1. The summed E-state index contributed by atoms with van der Waals surface area (Å²) in [5.41, 5.74) is 10.2. The maximum absolute atomic E-state index is 12.4. The lowest BCUT2D eigenvalue weighted by Crippen LogP contribution is -2.43. The third-order valence-electron chi connectivity index (χ3n) is 8.75. The third kappa shape index (κ3) is 7.27. The molecule has 1 saturated heterocycles. The van der Waals surface area contributed by atoms with Crippen LogP contribution in [0.2, 0.25) is 0 Å². The third-order valence-corrected chi connectivity index (χ3v) is 8.75. The van der Waals surface area contributed by atoms with Gasteiger partial charge in [0.15, 0.2) is 5.65 Å². The Kier molecular flexibility index (Phi) is 10.1. The quantitative estimate of drug-likeness (QED) is 0.252. The summed E-state index contributed by atoms with van der Waals surface area (Å²) >= 11 is 0. The van der Waals surface area contributed by atoms with E-state index in [9.17, 15) is 4.79 Å². The van der Waals surface area contributed by atoms with Crippen molar-refractivity contribution in [3.05, 3.63) is 36.0 Å². The lowest BCUT2D eigenvalue weighted by Gasteiger charge is -2.32. The number of hydrogen-bond donors (Lipinski definition) is 2. The van der Waals surface area contributed by atoms with Crippen molar-refractivity contribution >= 4 is 23.0 Å². The van der Waals surface area contributed by atoms with Crippen molar-refractivity contribution in [3.8, 4) is 11.3 Å². The summed E-state index contributed by atoms with van der Waals surface area (Å²) in [5, 5.41) is 9.49. The van der Waals surface area contributed by atoms with Gasteiger partial charge in [0, 0.05) is 51.0 Å². The van der Waals surface area contributed by atoms with Gasteiger partial charge in [0.2, 0.25) is 5.95 Å². The number of nitrogens with two attached hydrogens (primary N) is 1. The zero-order valence-electron chi connectivity index (χ0n) is 25.8. The van der Waals surface area contributed by atoms with E-state index < -0.39 is 6.04 Å². The Morgan fingerprint density at radius 3 is 2.48 bits per heavy atom. The van der Waals surface area contributed by atoms with E-state index in [4.69, 9.17) is 20.6 Å². The number of ether oxygens (including phenoxy) is 1. The van der Waals surface area contributed by atoms with Crippen molar-refractivity contribution in [1.29, 1.82) is 0 Å². The molecular weight excluding hydrogens is 528 g/mol. The first kappa shape index (κ1) is 30.4. The second-order valence-corrected chi connectivity index (χ2v) is 12.4. The Balaban J connectivity index is 1.35. The fourth-order valence-corrected chi connectivity index (χ4v) is 5.81. The van der Waals surface area contributed by atoms with Gasteiger partial charge in [0.25, 0.3) is 0 Å². The minimum atomic E-state index is -0.580. The van der Waals surface area contributed by atoms with Gasteiger partial charge in [-0.1, -0.05) is 51.5 Å². The number of carbonyl (C=O) groups excluding carboxylic acids is 1. The van der Waals surface area contributed by atoms with E-state index in [2.05, 4.69) is 63.0 Å². The zero-order valence-corrected chi connectivity index (χ0v) is 25.8. The summed E-state index contributed by atoms with van der Waals surface area (Å²) in [5.74, 6) is 0.395. The minimum absolute atomic E-state index is 0.0587. The average Bonchev–Trinajstić information content (AvgIpc) is 3.37. The van der Waals surface area contributed by atoms with Crippen LogP contribution in [0.4, 0.5) is 5.95 Å². The highest BCUT2D eigenvalue weighted by Crippen LogP contribution is 2.35. The number of esters is 1. The summed E-state index contributed by atoms with van der Waals surface area (Å²) in [7, 11) is 2.19. The van der Waals surface area contributed by atoms with Crippen LogP contribution in [0, 0.1) is 5.92 Å². The van der Waals surface area contributed by atoms with Crippen molar-refractivity contribution in [2.45, 2.75) is 84.0 Å². The average molecular weight is 577 g/mol. The number of likely N-dealkylation sites (N-methyl/N-ethyl adjacent to an activating group) is 1. The maximum atomic E-state index is 12.4. The first-order valence-electron chi connectivity index (χ1n) is 15.8. The fraction of sp³-hybridized carbons (Fsp3) is 0.625. The maximum Gasteiger partial charge on any atom is 0.323 e. The summed E-state index contributed by atoms with van der Waals surface area (Å²) in [4.78, 5) is 26.9. The second kappa shape index (κ2) is 13.9. The van der Waals surface area contributed by atoms with Crippen LogP contribution in [0.3, 0.4) is 0 Å². The highest BCUT2D eigenvalue weighted by atomic mass is 16.5. The Morgan fingerprint density at radius 2 is 1.81 bits per heavy atom. The highest BCUT2D eigenvalue weighted by Gasteiger charge is 2.30. The molecule has 1 atom stereocenters. The first-order valence-corrected chi connectivity index (χ1v) is 15.8. The molecule has 1 aliphatic carbocycles. The number of nitrogens with one attached hydrogen (secondary N) is 1. The fourth-order valence-electron chi connectivity index (χ4n) is 5.81. The molecular formula is C32H48N8O2. The van der Waals surface area contributed by atoms with Crippen LogP contribution >= 0.6 is 0 Å². The summed E-state index contributed by atoms with van der Waals surface area (Å²) in [6, 6.07) is 8.40. The van der Waals surface area contributed by atoms with Gasteiger partial charge in [-0.3, -0.25) is 9.69 Å².